The second-order valence-electron chi connectivity index (χ2n) is 5.55. The van der Waals surface area contributed by atoms with Crippen LogP contribution in [0, 0.1) is 18.6 Å². The molecule has 3 nitrogen and oxygen atoms in total. The number of rotatable bonds is 4. The summed E-state index contributed by atoms with van der Waals surface area (Å²) in [5.74, 6) is -1.83. The molecular weight excluding hydrogens is 324 g/mol. The molecular formula is C20H17F2NO2. The van der Waals surface area contributed by atoms with Crippen molar-refractivity contribution >= 4 is 5.97 Å². The number of hydrogen-bond acceptors (Lipinski definition) is 2. The van der Waals surface area contributed by atoms with E-state index in [1.54, 1.807) is 24.5 Å². The number of ether oxygens (including phenoxy) is 1. The van der Waals surface area contributed by atoms with Gasteiger partial charge in [0, 0.05) is 11.8 Å². The predicted octanol–water partition coefficient (Wildman–Crippen LogP) is 4.91. The molecule has 0 aliphatic heterocycles. The van der Waals surface area contributed by atoms with Gasteiger partial charge in [0.05, 0.1) is 23.6 Å². The quantitative estimate of drug-likeness (QED) is 0.632. The molecule has 0 N–H and O–H groups in total. The summed E-state index contributed by atoms with van der Waals surface area (Å²) in [6, 6.07) is 14.4. The first-order valence-corrected chi connectivity index (χ1v) is 7.93. The molecule has 5 heteroatoms. The third-order valence-electron chi connectivity index (χ3n) is 3.96. The first-order valence-electron chi connectivity index (χ1n) is 7.93. The topological polar surface area (TPSA) is 31.2 Å². The molecule has 0 saturated carbocycles. The van der Waals surface area contributed by atoms with Crippen molar-refractivity contribution in [2.24, 2.45) is 0 Å². The molecule has 3 aromatic rings. The Labute approximate surface area is 144 Å². The third-order valence-corrected chi connectivity index (χ3v) is 3.96. The van der Waals surface area contributed by atoms with Crippen LogP contribution < -0.4 is 0 Å². The van der Waals surface area contributed by atoms with Gasteiger partial charge in [-0.3, -0.25) is 0 Å². The number of nitrogens with zero attached hydrogens (tertiary/aromatic N) is 1. The van der Waals surface area contributed by atoms with Crippen molar-refractivity contribution in [2.45, 2.75) is 13.8 Å². The number of aromatic nitrogens is 1. The van der Waals surface area contributed by atoms with Crippen molar-refractivity contribution in [3.63, 3.8) is 0 Å². The Morgan fingerprint density at radius 3 is 2.44 bits per heavy atom. The third kappa shape index (κ3) is 3.18. The van der Waals surface area contributed by atoms with Crippen LogP contribution in [0.1, 0.15) is 23.0 Å². The summed E-state index contributed by atoms with van der Waals surface area (Å²) in [6.07, 6.45) is 0. The fraction of sp³-hybridized carbons (Fsp3) is 0.150. The molecule has 2 aromatic carbocycles. The van der Waals surface area contributed by atoms with Crippen LogP contribution in [0.25, 0.3) is 16.9 Å². The summed E-state index contributed by atoms with van der Waals surface area (Å²) in [5.41, 5.74) is 2.50. The van der Waals surface area contributed by atoms with Gasteiger partial charge in [0.1, 0.15) is 11.6 Å². The molecule has 1 aromatic heterocycles. The maximum atomic E-state index is 14.4. The van der Waals surface area contributed by atoms with E-state index < -0.39 is 17.6 Å². The zero-order valence-electron chi connectivity index (χ0n) is 13.9. The Kier molecular flexibility index (Phi) is 4.65. The highest BCUT2D eigenvalue weighted by Crippen LogP contribution is 2.31. The molecule has 0 amide bonds. The Balaban J connectivity index is 2.26. The van der Waals surface area contributed by atoms with E-state index in [1.165, 1.54) is 12.1 Å². The summed E-state index contributed by atoms with van der Waals surface area (Å²) in [4.78, 5) is 12.2. The van der Waals surface area contributed by atoms with Crippen LogP contribution in [-0.4, -0.2) is 17.1 Å². The van der Waals surface area contributed by atoms with Gasteiger partial charge < -0.3 is 9.30 Å². The van der Waals surface area contributed by atoms with Crippen molar-refractivity contribution in [1.82, 2.24) is 4.57 Å². The molecule has 25 heavy (non-hydrogen) atoms. The molecule has 1 heterocycles. The number of esters is 1. The van der Waals surface area contributed by atoms with Crippen LogP contribution in [0.5, 0.6) is 0 Å². The molecule has 0 spiro atoms. The van der Waals surface area contributed by atoms with E-state index in [-0.39, 0.29) is 12.3 Å². The van der Waals surface area contributed by atoms with Gasteiger partial charge in [-0.05, 0) is 37.6 Å². The molecule has 0 fully saturated rings. The second kappa shape index (κ2) is 6.89. The summed E-state index contributed by atoms with van der Waals surface area (Å²) in [5, 5.41) is 0. The Morgan fingerprint density at radius 1 is 1.08 bits per heavy atom. The highest BCUT2D eigenvalue weighted by molar-refractivity contribution is 5.93. The van der Waals surface area contributed by atoms with Gasteiger partial charge in [0.2, 0.25) is 0 Å². The van der Waals surface area contributed by atoms with Gasteiger partial charge in [0.15, 0.2) is 0 Å². The summed E-state index contributed by atoms with van der Waals surface area (Å²) in [7, 11) is 0. The van der Waals surface area contributed by atoms with Crippen molar-refractivity contribution in [3.8, 4) is 16.9 Å². The largest absolute Gasteiger partial charge is 0.462 e. The highest BCUT2D eigenvalue weighted by atomic mass is 19.1. The smallest absolute Gasteiger partial charge is 0.339 e. The van der Waals surface area contributed by atoms with Gasteiger partial charge in [0.25, 0.3) is 0 Å². The Morgan fingerprint density at radius 2 is 1.80 bits per heavy atom. The lowest BCUT2D eigenvalue weighted by atomic mass is 10.1. The number of halogens is 2. The summed E-state index contributed by atoms with van der Waals surface area (Å²) in [6.45, 7) is 3.68. The van der Waals surface area contributed by atoms with E-state index in [2.05, 4.69) is 0 Å². The van der Waals surface area contributed by atoms with E-state index in [4.69, 9.17) is 4.74 Å². The van der Waals surface area contributed by atoms with Crippen LogP contribution >= 0.6 is 0 Å². The molecule has 3 rings (SSSR count). The lowest BCUT2D eigenvalue weighted by molar-refractivity contribution is 0.0525. The van der Waals surface area contributed by atoms with Crippen molar-refractivity contribution in [3.05, 3.63) is 77.5 Å². The van der Waals surface area contributed by atoms with Crippen molar-refractivity contribution < 1.29 is 18.3 Å². The predicted molar refractivity (Wildman–Crippen MR) is 91.8 cm³/mol. The van der Waals surface area contributed by atoms with Crippen molar-refractivity contribution in [1.29, 1.82) is 0 Å². The fourth-order valence-corrected chi connectivity index (χ4v) is 2.82. The van der Waals surface area contributed by atoms with Crippen LogP contribution in [0.2, 0.25) is 0 Å². The van der Waals surface area contributed by atoms with Gasteiger partial charge in [-0.2, -0.15) is 0 Å². The van der Waals surface area contributed by atoms with E-state index in [0.717, 1.165) is 11.6 Å². The zero-order chi connectivity index (χ0) is 18.0. The van der Waals surface area contributed by atoms with E-state index >= 15 is 0 Å². The SMILES string of the molecule is CCOC(=O)c1cc(-c2ccccc2)n(-c2ccc(F)cc2F)c1C. The molecule has 0 radical (unpaired) electrons. The first-order chi connectivity index (χ1) is 12.0. The minimum atomic E-state index is -0.703. The Bertz CT molecular complexity index is 917. The standard InChI is InChI=1S/C20H17F2NO2/c1-3-25-20(24)16-12-19(14-7-5-4-6-8-14)23(13(16)2)18-10-9-15(21)11-17(18)22/h4-12H,3H2,1-2H3. The van der Waals surface area contributed by atoms with Crippen LogP contribution in [0.3, 0.4) is 0 Å². The zero-order valence-corrected chi connectivity index (χ0v) is 13.9. The van der Waals surface area contributed by atoms with Gasteiger partial charge >= 0.3 is 5.97 Å². The molecule has 0 unspecified atom stereocenters. The van der Waals surface area contributed by atoms with E-state index in [1.807, 2.05) is 30.3 Å². The van der Waals surface area contributed by atoms with E-state index in [0.29, 0.717) is 17.0 Å². The van der Waals surface area contributed by atoms with Gasteiger partial charge in [-0.25, -0.2) is 13.6 Å². The number of carbonyl (C=O) groups is 1. The van der Waals surface area contributed by atoms with Gasteiger partial charge in [-0.1, -0.05) is 30.3 Å². The molecule has 0 aliphatic carbocycles. The number of carbonyl (C=O) groups excluding carboxylic acids is 1. The number of benzene rings is 2. The molecule has 0 atom stereocenters. The normalized spacial score (nSPS) is 10.7. The van der Waals surface area contributed by atoms with Crippen LogP contribution in [0.15, 0.2) is 54.6 Å². The highest BCUT2D eigenvalue weighted by Gasteiger charge is 2.22. The fourth-order valence-electron chi connectivity index (χ4n) is 2.82. The summed E-state index contributed by atoms with van der Waals surface area (Å²) >= 11 is 0. The second-order valence-corrected chi connectivity index (χ2v) is 5.55. The molecule has 0 saturated heterocycles. The van der Waals surface area contributed by atoms with Crippen LogP contribution in [-0.2, 0) is 4.74 Å². The molecule has 128 valence electrons. The van der Waals surface area contributed by atoms with Crippen LogP contribution in [0.4, 0.5) is 8.78 Å². The maximum Gasteiger partial charge on any atom is 0.339 e. The monoisotopic (exact) mass is 341 g/mol. The summed E-state index contributed by atoms with van der Waals surface area (Å²) < 4.78 is 34.4. The maximum absolute atomic E-state index is 14.4. The number of hydrogen-bond donors (Lipinski definition) is 0. The lowest BCUT2D eigenvalue weighted by Crippen LogP contribution is -2.07. The van der Waals surface area contributed by atoms with Gasteiger partial charge in [-0.15, -0.1) is 0 Å². The average Bonchev–Trinajstić information content (AvgIpc) is 2.93. The minimum Gasteiger partial charge on any atom is -0.462 e. The van der Waals surface area contributed by atoms with E-state index in [9.17, 15) is 13.6 Å². The molecule has 0 aliphatic rings. The first kappa shape index (κ1) is 16.9. The molecule has 0 bridgehead atoms. The average molecular weight is 341 g/mol. The lowest BCUT2D eigenvalue weighted by Gasteiger charge is -2.13. The minimum absolute atomic E-state index is 0.174. The Hall–Kier alpha value is -2.95. The van der Waals surface area contributed by atoms with Crippen molar-refractivity contribution in [2.75, 3.05) is 6.61 Å².